The highest BCUT2D eigenvalue weighted by molar-refractivity contribution is 5.74. The fourth-order valence-electron chi connectivity index (χ4n) is 0.524. The van der Waals surface area contributed by atoms with Crippen LogP contribution in [0.5, 0.6) is 0 Å². The number of hydrogen-bond acceptors (Lipinski definition) is 6. The van der Waals surface area contributed by atoms with Crippen LogP contribution in [0.3, 0.4) is 0 Å². The van der Waals surface area contributed by atoms with Gasteiger partial charge in [0.05, 0.1) is 14.2 Å². The first-order valence-corrected chi connectivity index (χ1v) is 4.65. The van der Waals surface area contributed by atoms with Gasteiger partial charge in [0.1, 0.15) is 0 Å². The Morgan fingerprint density at radius 2 is 1.00 bits per heavy atom. The molecule has 0 heterocycles. The Bertz CT molecular complexity index is 181. The van der Waals surface area contributed by atoms with Gasteiger partial charge in [0.15, 0.2) is 12.2 Å². The second-order valence-corrected chi connectivity index (χ2v) is 2.80. The van der Waals surface area contributed by atoms with E-state index in [9.17, 15) is 9.59 Å². The Hall–Kier alpha value is -1.14. The van der Waals surface area contributed by atoms with Crippen LogP contribution in [-0.4, -0.2) is 52.6 Å². The maximum absolute atomic E-state index is 10.4. The van der Waals surface area contributed by atoms with Gasteiger partial charge in [-0.1, -0.05) is 0 Å². The van der Waals surface area contributed by atoms with Crippen molar-refractivity contribution in [3.8, 4) is 0 Å². The maximum Gasteiger partial charge on any atom is 0.334 e. The van der Waals surface area contributed by atoms with Gasteiger partial charge in [-0.05, 0) is 13.8 Å². The smallest absolute Gasteiger partial charge is 0.334 e. The van der Waals surface area contributed by atoms with Crippen LogP contribution in [-0.2, 0) is 28.5 Å². The van der Waals surface area contributed by atoms with Crippen LogP contribution in [0.4, 0.5) is 0 Å². The van der Waals surface area contributed by atoms with Gasteiger partial charge < -0.3 is 18.9 Å². The van der Waals surface area contributed by atoms with E-state index in [1.54, 1.807) is 13.8 Å². The van der Waals surface area contributed by atoms with Crippen molar-refractivity contribution in [2.75, 3.05) is 28.4 Å². The summed E-state index contributed by atoms with van der Waals surface area (Å²) in [5.41, 5.74) is 0. The molecule has 96 valence electrons. The first kappa shape index (κ1) is 17.3. The second kappa shape index (κ2) is 10.4. The SMILES string of the molecule is COC(=O)C(C)OC.COC(=O)C(C)OC. The zero-order valence-electron chi connectivity index (χ0n) is 10.6. The van der Waals surface area contributed by atoms with Gasteiger partial charge in [0.2, 0.25) is 0 Å². The molecule has 0 aliphatic carbocycles. The molecule has 0 fully saturated rings. The lowest BCUT2D eigenvalue weighted by molar-refractivity contribution is -0.151. The van der Waals surface area contributed by atoms with Gasteiger partial charge in [-0.3, -0.25) is 0 Å². The zero-order chi connectivity index (χ0) is 13.1. The summed E-state index contributed by atoms with van der Waals surface area (Å²) in [5, 5.41) is 0. The second-order valence-electron chi connectivity index (χ2n) is 2.80. The fourth-order valence-corrected chi connectivity index (χ4v) is 0.524. The molecule has 0 aromatic carbocycles. The Morgan fingerprint density at radius 3 is 1.06 bits per heavy atom. The van der Waals surface area contributed by atoms with Crippen molar-refractivity contribution in [1.29, 1.82) is 0 Å². The average Bonchev–Trinajstić information content (AvgIpc) is 2.35. The molecule has 2 atom stereocenters. The molecule has 0 bridgehead atoms. The minimum Gasteiger partial charge on any atom is -0.467 e. The Kier molecular flexibility index (Phi) is 11.2. The molecular formula is C10H20O6. The first-order valence-electron chi connectivity index (χ1n) is 4.65. The topological polar surface area (TPSA) is 71.1 Å². The summed E-state index contributed by atoms with van der Waals surface area (Å²) in [4.78, 5) is 20.8. The van der Waals surface area contributed by atoms with Gasteiger partial charge in [-0.15, -0.1) is 0 Å². The lowest BCUT2D eigenvalue weighted by Gasteiger charge is -2.04. The predicted molar refractivity (Wildman–Crippen MR) is 57.0 cm³/mol. The van der Waals surface area contributed by atoms with Crippen molar-refractivity contribution in [3.63, 3.8) is 0 Å². The van der Waals surface area contributed by atoms with E-state index in [1.807, 2.05) is 0 Å². The van der Waals surface area contributed by atoms with Gasteiger partial charge in [-0.25, -0.2) is 9.59 Å². The summed E-state index contributed by atoms with van der Waals surface area (Å²) in [6.07, 6.45) is -0.889. The standard InChI is InChI=1S/2C5H10O3/c2*1-4(7-2)5(6)8-3/h2*4H,1-3H3. The van der Waals surface area contributed by atoms with Crippen molar-refractivity contribution in [1.82, 2.24) is 0 Å². The molecular weight excluding hydrogens is 216 g/mol. The maximum atomic E-state index is 10.4. The van der Waals surface area contributed by atoms with Crippen molar-refractivity contribution < 1.29 is 28.5 Å². The van der Waals surface area contributed by atoms with Crippen molar-refractivity contribution in [3.05, 3.63) is 0 Å². The highest BCUT2D eigenvalue weighted by atomic mass is 16.6. The van der Waals surface area contributed by atoms with Crippen LogP contribution in [0.1, 0.15) is 13.8 Å². The molecule has 0 saturated heterocycles. The van der Waals surface area contributed by atoms with Crippen LogP contribution >= 0.6 is 0 Å². The summed E-state index contributed by atoms with van der Waals surface area (Å²) in [6.45, 7) is 3.26. The van der Waals surface area contributed by atoms with Crippen LogP contribution < -0.4 is 0 Å². The number of ether oxygens (including phenoxy) is 4. The van der Waals surface area contributed by atoms with Gasteiger partial charge in [-0.2, -0.15) is 0 Å². The Balaban J connectivity index is 0. The highest BCUT2D eigenvalue weighted by Gasteiger charge is 2.09. The minimum absolute atomic E-state index is 0.340. The molecule has 0 spiro atoms. The zero-order valence-corrected chi connectivity index (χ0v) is 10.6. The molecule has 0 aromatic heterocycles. The summed E-state index contributed by atoms with van der Waals surface area (Å²) < 4.78 is 17.9. The average molecular weight is 236 g/mol. The Labute approximate surface area is 95.8 Å². The molecule has 6 nitrogen and oxygen atoms in total. The number of esters is 2. The summed E-state index contributed by atoms with van der Waals surface area (Å²) in [5.74, 6) is -0.681. The van der Waals surface area contributed by atoms with E-state index in [1.165, 1.54) is 28.4 Å². The van der Waals surface area contributed by atoms with E-state index in [0.717, 1.165) is 0 Å². The predicted octanol–water partition coefficient (Wildman–Crippen LogP) is 0.389. The normalized spacial score (nSPS) is 12.9. The first-order chi connectivity index (χ1) is 7.44. The van der Waals surface area contributed by atoms with E-state index >= 15 is 0 Å². The molecule has 2 unspecified atom stereocenters. The molecule has 0 radical (unpaired) electrons. The molecule has 0 aliphatic rings. The third-order valence-electron chi connectivity index (χ3n) is 1.77. The summed E-state index contributed by atoms with van der Waals surface area (Å²) in [7, 11) is 5.58. The number of rotatable bonds is 4. The van der Waals surface area contributed by atoms with E-state index in [-0.39, 0.29) is 11.9 Å². The number of methoxy groups -OCH3 is 4. The van der Waals surface area contributed by atoms with E-state index in [2.05, 4.69) is 18.9 Å². The van der Waals surface area contributed by atoms with E-state index < -0.39 is 12.2 Å². The number of carbonyl (C=O) groups excluding carboxylic acids is 2. The molecule has 0 amide bonds. The molecule has 0 rings (SSSR count). The van der Waals surface area contributed by atoms with E-state index in [4.69, 9.17) is 0 Å². The molecule has 0 aromatic rings. The van der Waals surface area contributed by atoms with Crippen molar-refractivity contribution >= 4 is 11.9 Å². The van der Waals surface area contributed by atoms with Gasteiger partial charge >= 0.3 is 11.9 Å². The molecule has 0 aliphatic heterocycles. The molecule has 0 N–H and O–H groups in total. The van der Waals surface area contributed by atoms with Crippen LogP contribution in [0, 0.1) is 0 Å². The molecule has 6 heteroatoms. The number of carbonyl (C=O) groups is 2. The largest absolute Gasteiger partial charge is 0.467 e. The van der Waals surface area contributed by atoms with Crippen molar-refractivity contribution in [2.24, 2.45) is 0 Å². The molecule has 0 saturated carbocycles. The lowest BCUT2D eigenvalue weighted by Crippen LogP contribution is -2.19. The quantitative estimate of drug-likeness (QED) is 0.657. The minimum atomic E-state index is -0.444. The van der Waals surface area contributed by atoms with Crippen molar-refractivity contribution in [2.45, 2.75) is 26.1 Å². The monoisotopic (exact) mass is 236 g/mol. The number of hydrogen-bond donors (Lipinski definition) is 0. The van der Waals surface area contributed by atoms with Crippen LogP contribution in [0.15, 0.2) is 0 Å². The summed E-state index contributed by atoms with van der Waals surface area (Å²) in [6, 6.07) is 0. The third kappa shape index (κ3) is 8.19. The van der Waals surface area contributed by atoms with Crippen LogP contribution in [0.25, 0.3) is 0 Å². The summed E-state index contributed by atoms with van der Waals surface area (Å²) >= 11 is 0. The third-order valence-corrected chi connectivity index (χ3v) is 1.77. The van der Waals surface area contributed by atoms with Gasteiger partial charge in [0.25, 0.3) is 0 Å². The fraction of sp³-hybridized carbons (Fsp3) is 0.800. The Morgan fingerprint density at radius 1 is 0.750 bits per heavy atom. The molecule has 16 heavy (non-hydrogen) atoms. The lowest BCUT2D eigenvalue weighted by atomic mass is 10.4. The van der Waals surface area contributed by atoms with E-state index in [0.29, 0.717) is 0 Å². The van der Waals surface area contributed by atoms with Gasteiger partial charge in [0, 0.05) is 14.2 Å². The highest BCUT2D eigenvalue weighted by Crippen LogP contribution is 1.89. The van der Waals surface area contributed by atoms with Crippen LogP contribution in [0.2, 0.25) is 0 Å².